The first-order chi connectivity index (χ1) is 12.4. The fourth-order valence-electron chi connectivity index (χ4n) is 3.46. The van der Waals surface area contributed by atoms with Crippen LogP contribution in [-0.2, 0) is 7.05 Å². The van der Waals surface area contributed by atoms with Gasteiger partial charge >= 0.3 is 5.69 Å². The number of hydrogen-bond donors (Lipinski definition) is 2. The second-order valence-electron chi connectivity index (χ2n) is 6.47. The molecule has 1 unspecified atom stereocenters. The van der Waals surface area contributed by atoms with Crippen LogP contribution in [0.5, 0.6) is 0 Å². The molecule has 0 spiro atoms. The number of imidazole rings is 1. The minimum atomic E-state index is -0.632. The molecule has 3 N–H and O–H groups in total. The number of nitrogens with zero attached hydrogens (tertiary/aromatic N) is 5. The van der Waals surface area contributed by atoms with Gasteiger partial charge in [-0.2, -0.15) is 5.26 Å². The van der Waals surface area contributed by atoms with Crippen molar-refractivity contribution in [1.29, 1.82) is 5.26 Å². The van der Waals surface area contributed by atoms with Gasteiger partial charge in [-0.25, -0.2) is 4.98 Å². The number of benzene rings is 1. The summed E-state index contributed by atoms with van der Waals surface area (Å²) >= 11 is 0. The van der Waals surface area contributed by atoms with Crippen LogP contribution in [-0.4, -0.2) is 32.7 Å². The van der Waals surface area contributed by atoms with Crippen LogP contribution in [0.3, 0.4) is 0 Å². The highest BCUT2D eigenvalue weighted by Gasteiger charge is 2.29. The highest BCUT2D eigenvalue weighted by Crippen LogP contribution is 2.35. The Hall–Kier alpha value is -3.12. The van der Waals surface area contributed by atoms with Crippen molar-refractivity contribution in [1.82, 2.24) is 9.55 Å². The summed E-state index contributed by atoms with van der Waals surface area (Å²) in [6, 6.07) is 4.89. The molecule has 26 heavy (non-hydrogen) atoms. The van der Waals surface area contributed by atoms with Crippen molar-refractivity contribution in [3.63, 3.8) is 0 Å². The van der Waals surface area contributed by atoms with E-state index < -0.39 is 11.0 Å². The molecule has 0 amide bonds. The van der Waals surface area contributed by atoms with E-state index >= 15 is 0 Å². The Kier molecular flexibility index (Phi) is 4.77. The number of aromatic nitrogens is 2. The molecule has 2 heterocycles. The molecule has 3 rings (SSSR count). The number of nitrogens with two attached hydrogens (primary N) is 1. The zero-order valence-electron chi connectivity index (χ0n) is 14.4. The number of aliphatic hydroxyl groups is 1. The van der Waals surface area contributed by atoms with E-state index in [1.165, 1.54) is 12.1 Å². The maximum Gasteiger partial charge on any atom is 0.309 e. The lowest BCUT2D eigenvalue weighted by molar-refractivity contribution is -0.384. The predicted octanol–water partition coefficient (Wildman–Crippen LogP) is 1.73. The maximum atomic E-state index is 11.1. The van der Waals surface area contributed by atoms with Crippen LogP contribution in [0, 0.1) is 27.4 Å². The Labute approximate surface area is 150 Å². The number of nitriles is 1. The quantitative estimate of drug-likeness (QED) is 0.484. The van der Waals surface area contributed by atoms with Gasteiger partial charge in [-0.15, -0.1) is 0 Å². The minimum Gasteiger partial charge on any atom is -0.393 e. The molecule has 1 aliphatic heterocycles. The highest BCUT2D eigenvalue weighted by molar-refractivity contribution is 5.73. The second-order valence-corrected chi connectivity index (χ2v) is 6.47. The molecule has 9 heteroatoms. The van der Waals surface area contributed by atoms with Crippen molar-refractivity contribution < 1.29 is 10.0 Å². The number of nitro groups is 1. The molecule has 0 bridgehead atoms. The standard InChI is InChI=1S/C17H20N6O3/c1-21-7-4-20-17(21)16(24)11-2-5-22(6-3-11)13-8-12(10-18)15(23(25)26)14(19)9-13/h4,7-9,11,16,24H,2-3,5-6,19H2,1H3. The normalized spacial score (nSPS) is 16.3. The van der Waals surface area contributed by atoms with Gasteiger partial charge in [0.15, 0.2) is 0 Å². The van der Waals surface area contributed by atoms with Crippen LogP contribution in [0.4, 0.5) is 17.1 Å². The van der Waals surface area contributed by atoms with E-state index in [0.717, 1.165) is 12.8 Å². The molecule has 9 nitrogen and oxygen atoms in total. The van der Waals surface area contributed by atoms with Gasteiger partial charge in [0.2, 0.25) is 0 Å². The first kappa shape index (κ1) is 17.7. The number of aryl methyl sites for hydroxylation is 1. The average molecular weight is 356 g/mol. The molecule has 1 aromatic carbocycles. The molecule has 1 aromatic heterocycles. The van der Waals surface area contributed by atoms with Crippen LogP contribution < -0.4 is 10.6 Å². The third kappa shape index (κ3) is 3.19. The molecule has 0 saturated carbocycles. The molecular weight excluding hydrogens is 336 g/mol. The third-order valence-electron chi connectivity index (χ3n) is 4.90. The van der Waals surface area contributed by atoms with Crippen LogP contribution in [0.1, 0.15) is 30.3 Å². The molecule has 1 fully saturated rings. The van der Waals surface area contributed by atoms with E-state index in [9.17, 15) is 20.5 Å². The van der Waals surface area contributed by atoms with Crippen molar-refractivity contribution >= 4 is 17.1 Å². The van der Waals surface area contributed by atoms with Gasteiger partial charge < -0.3 is 20.3 Å². The number of rotatable bonds is 4. The molecular formula is C17H20N6O3. The van der Waals surface area contributed by atoms with Crippen molar-refractivity contribution in [2.24, 2.45) is 13.0 Å². The molecule has 136 valence electrons. The van der Waals surface area contributed by atoms with Crippen LogP contribution in [0.15, 0.2) is 24.5 Å². The van der Waals surface area contributed by atoms with Gasteiger partial charge in [0.25, 0.3) is 0 Å². The average Bonchev–Trinajstić information content (AvgIpc) is 3.06. The topological polar surface area (TPSA) is 134 Å². The number of nitro benzene ring substituents is 1. The molecule has 1 saturated heterocycles. The first-order valence-corrected chi connectivity index (χ1v) is 8.30. The van der Waals surface area contributed by atoms with Gasteiger partial charge in [-0.3, -0.25) is 10.1 Å². The van der Waals surface area contributed by atoms with Crippen molar-refractivity contribution in [2.45, 2.75) is 18.9 Å². The summed E-state index contributed by atoms with van der Waals surface area (Å²) in [6.07, 6.45) is 4.32. The molecule has 2 aromatic rings. The summed E-state index contributed by atoms with van der Waals surface area (Å²) in [5.74, 6) is 0.730. The van der Waals surface area contributed by atoms with Gasteiger partial charge in [0, 0.05) is 38.2 Å². The van der Waals surface area contributed by atoms with E-state index in [0.29, 0.717) is 24.6 Å². The summed E-state index contributed by atoms with van der Waals surface area (Å²) in [5.41, 5.74) is 6.07. The molecule has 0 radical (unpaired) electrons. The Balaban J connectivity index is 1.74. The number of anilines is 2. The Morgan fingerprint density at radius 3 is 2.69 bits per heavy atom. The van der Waals surface area contributed by atoms with Gasteiger partial charge in [-0.1, -0.05) is 0 Å². The molecule has 1 aliphatic rings. The summed E-state index contributed by atoms with van der Waals surface area (Å²) in [6.45, 7) is 1.32. The number of aliphatic hydroxyl groups excluding tert-OH is 1. The van der Waals surface area contributed by atoms with E-state index in [-0.39, 0.29) is 22.9 Å². The maximum absolute atomic E-state index is 11.1. The fourth-order valence-corrected chi connectivity index (χ4v) is 3.46. The minimum absolute atomic E-state index is 0.0146. The lowest BCUT2D eigenvalue weighted by Gasteiger charge is -2.35. The van der Waals surface area contributed by atoms with E-state index in [1.54, 1.807) is 12.4 Å². The number of piperidine rings is 1. The third-order valence-corrected chi connectivity index (χ3v) is 4.90. The Bertz CT molecular complexity index is 864. The fraction of sp³-hybridized carbons (Fsp3) is 0.412. The summed E-state index contributed by atoms with van der Waals surface area (Å²) in [7, 11) is 1.85. The van der Waals surface area contributed by atoms with Crippen LogP contribution in [0.2, 0.25) is 0 Å². The zero-order chi connectivity index (χ0) is 18.8. The SMILES string of the molecule is Cn1ccnc1C(O)C1CCN(c2cc(N)c([N+](=O)[O-])c(C#N)c2)CC1. The van der Waals surface area contributed by atoms with Crippen molar-refractivity contribution in [3.8, 4) is 6.07 Å². The van der Waals surface area contributed by atoms with Crippen molar-refractivity contribution in [3.05, 3.63) is 46.0 Å². The smallest absolute Gasteiger partial charge is 0.309 e. The van der Waals surface area contributed by atoms with E-state index in [2.05, 4.69) is 4.98 Å². The lowest BCUT2D eigenvalue weighted by atomic mass is 9.90. The largest absolute Gasteiger partial charge is 0.393 e. The second kappa shape index (κ2) is 7.01. The highest BCUT2D eigenvalue weighted by atomic mass is 16.6. The van der Waals surface area contributed by atoms with E-state index in [1.807, 2.05) is 22.6 Å². The number of hydrogen-bond acceptors (Lipinski definition) is 7. The van der Waals surface area contributed by atoms with Gasteiger partial charge in [-0.05, 0) is 30.9 Å². The zero-order valence-corrected chi connectivity index (χ0v) is 14.4. The monoisotopic (exact) mass is 356 g/mol. The summed E-state index contributed by atoms with van der Waals surface area (Å²) in [5, 5.41) is 30.8. The van der Waals surface area contributed by atoms with E-state index in [4.69, 9.17) is 5.73 Å². The summed E-state index contributed by atoms with van der Waals surface area (Å²) in [4.78, 5) is 16.7. The Morgan fingerprint density at radius 1 is 1.46 bits per heavy atom. The lowest BCUT2D eigenvalue weighted by Crippen LogP contribution is -2.36. The van der Waals surface area contributed by atoms with Crippen LogP contribution >= 0.6 is 0 Å². The first-order valence-electron chi connectivity index (χ1n) is 8.30. The molecule has 1 atom stereocenters. The predicted molar refractivity (Wildman–Crippen MR) is 95.3 cm³/mol. The van der Waals surface area contributed by atoms with Crippen molar-refractivity contribution in [2.75, 3.05) is 23.7 Å². The van der Waals surface area contributed by atoms with Gasteiger partial charge in [0.1, 0.15) is 29.2 Å². The van der Waals surface area contributed by atoms with Gasteiger partial charge in [0.05, 0.1) is 4.92 Å². The molecule has 0 aliphatic carbocycles. The van der Waals surface area contributed by atoms with Crippen LogP contribution in [0.25, 0.3) is 0 Å². The number of nitrogen functional groups attached to an aromatic ring is 1. The summed E-state index contributed by atoms with van der Waals surface area (Å²) < 4.78 is 1.81. The Morgan fingerprint density at radius 2 is 2.15 bits per heavy atom.